The summed E-state index contributed by atoms with van der Waals surface area (Å²) in [4.78, 5) is 0. The van der Waals surface area contributed by atoms with Crippen LogP contribution in [0.3, 0.4) is 0 Å². The first kappa shape index (κ1) is 24.3. The van der Waals surface area contributed by atoms with E-state index in [2.05, 4.69) is 0 Å². The molecule has 2 saturated heterocycles. The van der Waals surface area contributed by atoms with Crippen LogP contribution in [0.25, 0.3) is 0 Å². The Morgan fingerprint density at radius 2 is 1.52 bits per heavy atom. The summed E-state index contributed by atoms with van der Waals surface area (Å²) in [5.41, 5.74) is 0.780. The SMILES string of the molecule is CC[C@@]1(O)CO[C@@H](O[C@H]2[C@H](C)[C@H](OCc3ccccc3)OC[C@@H]2OCc2ccccc2)[C@@H]1O. The van der Waals surface area contributed by atoms with E-state index in [4.69, 9.17) is 23.7 Å². The Hall–Kier alpha value is -1.84. The van der Waals surface area contributed by atoms with Crippen molar-refractivity contribution in [1.82, 2.24) is 0 Å². The van der Waals surface area contributed by atoms with Crippen molar-refractivity contribution in [2.75, 3.05) is 13.2 Å². The van der Waals surface area contributed by atoms with Gasteiger partial charge in [0.05, 0.1) is 32.5 Å². The number of hydrogen-bond donors (Lipinski definition) is 2. The van der Waals surface area contributed by atoms with E-state index in [9.17, 15) is 10.2 Å². The van der Waals surface area contributed by atoms with Crippen molar-refractivity contribution in [2.24, 2.45) is 5.92 Å². The standard InChI is InChI=1S/C26H34O7/c1-3-26(28)17-32-25(23(26)27)33-22-18(2)24(30-15-20-12-8-5-9-13-20)31-16-21(22)29-14-19-10-6-4-7-11-19/h4-13,18,21-25,27-28H,3,14-17H2,1-2H3/t18-,21-,22-,23-,24+,25-,26+/m0/s1. The smallest absolute Gasteiger partial charge is 0.186 e. The van der Waals surface area contributed by atoms with Crippen LogP contribution >= 0.6 is 0 Å². The monoisotopic (exact) mass is 458 g/mol. The van der Waals surface area contributed by atoms with Crippen molar-refractivity contribution >= 4 is 0 Å². The van der Waals surface area contributed by atoms with Crippen LogP contribution in [0.4, 0.5) is 0 Å². The van der Waals surface area contributed by atoms with Gasteiger partial charge in [0.1, 0.15) is 17.8 Å². The number of rotatable bonds is 9. The molecule has 33 heavy (non-hydrogen) atoms. The average Bonchev–Trinajstić information content (AvgIpc) is 3.14. The summed E-state index contributed by atoms with van der Waals surface area (Å²) >= 11 is 0. The summed E-state index contributed by atoms with van der Waals surface area (Å²) in [5, 5.41) is 21.2. The molecule has 7 nitrogen and oxygen atoms in total. The summed E-state index contributed by atoms with van der Waals surface area (Å²) in [7, 11) is 0. The molecule has 2 aromatic rings. The van der Waals surface area contributed by atoms with Crippen LogP contribution in [0, 0.1) is 5.92 Å². The second-order valence-corrected chi connectivity index (χ2v) is 8.87. The Balaban J connectivity index is 1.44. The van der Waals surface area contributed by atoms with E-state index < -0.39 is 30.4 Å². The first-order chi connectivity index (χ1) is 16.0. The number of benzene rings is 2. The van der Waals surface area contributed by atoms with Gasteiger partial charge in [-0.1, -0.05) is 74.5 Å². The van der Waals surface area contributed by atoms with Crippen LogP contribution in [0.5, 0.6) is 0 Å². The number of aliphatic hydroxyl groups excluding tert-OH is 1. The minimum atomic E-state index is -1.32. The van der Waals surface area contributed by atoms with E-state index in [1.807, 2.05) is 74.5 Å². The summed E-state index contributed by atoms with van der Waals surface area (Å²) in [6.45, 7) is 4.91. The van der Waals surface area contributed by atoms with Crippen molar-refractivity contribution in [3.8, 4) is 0 Å². The van der Waals surface area contributed by atoms with Gasteiger partial charge in [-0.2, -0.15) is 0 Å². The largest absolute Gasteiger partial charge is 0.385 e. The highest BCUT2D eigenvalue weighted by atomic mass is 16.7. The normalized spacial score (nSPS) is 34.4. The molecular weight excluding hydrogens is 424 g/mol. The third-order valence-electron chi connectivity index (χ3n) is 6.51. The lowest BCUT2D eigenvalue weighted by molar-refractivity contribution is -0.298. The van der Waals surface area contributed by atoms with Crippen molar-refractivity contribution in [1.29, 1.82) is 0 Å². The fraction of sp³-hybridized carbons (Fsp3) is 0.538. The minimum Gasteiger partial charge on any atom is -0.385 e. The Labute approximate surface area is 195 Å². The molecule has 0 spiro atoms. The van der Waals surface area contributed by atoms with Crippen LogP contribution in [0.15, 0.2) is 60.7 Å². The van der Waals surface area contributed by atoms with Crippen LogP contribution in [0.1, 0.15) is 31.4 Å². The van der Waals surface area contributed by atoms with Crippen LogP contribution in [-0.4, -0.2) is 59.9 Å². The molecule has 180 valence electrons. The van der Waals surface area contributed by atoms with Crippen molar-refractivity contribution in [3.05, 3.63) is 71.8 Å². The molecule has 2 aliphatic heterocycles. The molecule has 0 amide bonds. The summed E-state index contributed by atoms with van der Waals surface area (Å²) in [5.74, 6) is -0.200. The predicted molar refractivity (Wildman–Crippen MR) is 121 cm³/mol. The molecule has 2 N–H and O–H groups in total. The van der Waals surface area contributed by atoms with E-state index in [1.54, 1.807) is 0 Å². The second-order valence-electron chi connectivity index (χ2n) is 8.87. The summed E-state index contributed by atoms with van der Waals surface area (Å²) in [6.07, 6.45) is -3.07. The summed E-state index contributed by atoms with van der Waals surface area (Å²) in [6, 6.07) is 19.8. The molecule has 2 fully saturated rings. The molecule has 2 heterocycles. The molecule has 7 heteroatoms. The Morgan fingerprint density at radius 3 is 2.09 bits per heavy atom. The third-order valence-corrected chi connectivity index (χ3v) is 6.51. The lowest BCUT2D eigenvalue weighted by Crippen LogP contribution is -2.54. The molecule has 0 aliphatic carbocycles. The van der Waals surface area contributed by atoms with Gasteiger partial charge in [-0.3, -0.25) is 0 Å². The maximum Gasteiger partial charge on any atom is 0.186 e. The first-order valence-corrected chi connectivity index (χ1v) is 11.6. The van der Waals surface area contributed by atoms with Gasteiger partial charge in [0.25, 0.3) is 0 Å². The van der Waals surface area contributed by atoms with Crippen molar-refractivity contribution in [3.63, 3.8) is 0 Å². The lowest BCUT2D eigenvalue weighted by Gasteiger charge is -2.42. The van der Waals surface area contributed by atoms with E-state index in [-0.39, 0.29) is 25.2 Å². The van der Waals surface area contributed by atoms with Crippen LogP contribution in [0.2, 0.25) is 0 Å². The highest BCUT2D eigenvalue weighted by Gasteiger charge is 2.50. The Bertz CT molecular complexity index is 848. The average molecular weight is 459 g/mol. The van der Waals surface area contributed by atoms with Gasteiger partial charge in [0, 0.05) is 5.92 Å². The summed E-state index contributed by atoms with van der Waals surface area (Å²) < 4.78 is 30.1. The molecule has 2 aliphatic rings. The Morgan fingerprint density at radius 1 is 0.909 bits per heavy atom. The highest BCUT2D eigenvalue weighted by Crippen LogP contribution is 2.34. The quantitative estimate of drug-likeness (QED) is 0.597. The van der Waals surface area contributed by atoms with Gasteiger partial charge >= 0.3 is 0 Å². The van der Waals surface area contributed by atoms with Crippen LogP contribution in [-0.2, 0) is 36.9 Å². The predicted octanol–water partition coefficient (Wildman–Crippen LogP) is 3.02. The topological polar surface area (TPSA) is 86.6 Å². The van der Waals surface area contributed by atoms with Gasteiger partial charge < -0.3 is 33.9 Å². The lowest BCUT2D eigenvalue weighted by atomic mass is 9.94. The maximum atomic E-state index is 10.6. The van der Waals surface area contributed by atoms with E-state index >= 15 is 0 Å². The van der Waals surface area contributed by atoms with Gasteiger partial charge in [-0.05, 0) is 17.5 Å². The second kappa shape index (κ2) is 11.1. The molecule has 0 bridgehead atoms. The molecule has 0 radical (unpaired) electrons. The van der Waals surface area contributed by atoms with Gasteiger partial charge in [0.15, 0.2) is 12.6 Å². The molecule has 0 aromatic heterocycles. The molecular formula is C26H34O7. The highest BCUT2D eigenvalue weighted by molar-refractivity contribution is 5.14. The van der Waals surface area contributed by atoms with Gasteiger partial charge in [0.2, 0.25) is 0 Å². The van der Waals surface area contributed by atoms with Crippen LogP contribution < -0.4 is 0 Å². The fourth-order valence-corrected chi connectivity index (χ4v) is 4.25. The van der Waals surface area contributed by atoms with E-state index in [0.717, 1.165) is 11.1 Å². The molecule has 4 rings (SSSR count). The number of ether oxygens (including phenoxy) is 5. The zero-order valence-corrected chi connectivity index (χ0v) is 19.2. The molecule has 0 unspecified atom stereocenters. The van der Waals surface area contributed by atoms with Crippen molar-refractivity contribution < 1.29 is 33.9 Å². The first-order valence-electron chi connectivity index (χ1n) is 11.6. The van der Waals surface area contributed by atoms with Crippen molar-refractivity contribution in [2.45, 2.75) is 70.0 Å². The minimum absolute atomic E-state index is 0.0242. The molecule has 0 saturated carbocycles. The van der Waals surface area contributed by atoms with Gasteiger partial charge in [-0.15, -0.1) is 0 Å². The zero-order valence-electron chi connectivity index (χ0n) is 19.2. The zero-order chi connectivity index (χ0) is 23.3. The molecule has 2 aromatic carbocycles. The number of hydrogen-bond acceptors (Lipinski definition) is 7. The molecule has 7 atom stereocenters. The van der Waals surface area contributed by atoms with E-state index in [1.165, 1.54) is 0 Å². The third kappa shape index (κ3) is 5.81. The Kier molecular flexibility index (Phi) is 8.14. The van der Waals surface area contributed by atoms with Gasteiger partial charge in [-0.25, -0.2) is 0 Å². The van der Waals surface area contributed by atoms with E-state index in [0.29, 0.717) is 19.6 Å². The fourth-order valence-electron chi connectivity index (χ4n) is 4.25. The number of aliphatic hydroxyl groups is 2. The maximum absolute atomic E-state index is 10.6.